The number of halogens is 1. The van der Waals surface area contributed by atoms with Gasteiger partial charge in [-0.3, -0.25) is 0 Å². The van der Waals surface area contributed by atoms with Crippen LogP contribution in [0.5, 0.6) is 0 Å². The summed E-state index contributed by atoms with van der Waals surface area (Å²) in [5.41, 5.74) is 1.36. The number of hydrogen-bond donors (Lipinski definition) is 0. The first-order valence-electron chi connectivity index (χ1n) is 7.91. The van der Waals surface area contributed by atoms with Crippen LogP contribution in [0.4, 0.5) is 4.39 Å². The van der Waals surface area contributed by atoms with E-state index >= 15 is 0 Å². The highest BCUT2D eigenvalue weighted by Crippen LogP contribution is 2.30. The van der Waals surface area contributed by atoms with Gasteiger partial charge in [0.15, 0.2) is 6.10 Å². The fourth-order valence-electron chi connectivity index (χ4n) is 2.23. The molecule has 0 radical (unpaired) electrons. The molecule has 0 aliphatic rings. The number of carbonyl (C=O) groups is 1. The van der Waals surface area contributed by atoms with Gasteiger partial charge in [0.25, 0.3) is 0 Å². The third-order valence-corrected chi connectivity index (χ3v) is 3.42. The van der Waals surface area contributed by atoms with Crippen LogP contribution in [0.1, 0.15) is 31.1 Å². The predicted octanol–water partition coefficient (Wildman–Crippen LogP) is 4.71. The van der Waals surface area contributed by atoms with Crippen molar-refractivity contribution in [3.05, 3.63) is 77.6 Å². The molecule has 0 bridgehead atoms. The lowest BCUT2D eigenvalue weighted by atomic mass is 10.1. The maximum Gasteiger partial charge on any atom is 0.334 e. The van der Waals surface area contributed by atoms with Gasteiger partial charge in [0.1, 0.15) is 11.9 Å². The fraction of sp³-hybridized carbons (Fsp3) is 0.250. The molecule has 3 nitrogen and oxygen atoms in total. The zero-order valence-electron chi connectivity index (χ0n) is 13.8. The third-order valence-electron chi connectivity index (χ3n) is 3.42. The van der Waals surface area contributed by atoms with Gasteiger partial charge in [-0.2, -0.15) is 0 Å². The second-order valence-electron chi connectivity index (χ2n) is 5.26. The van der Waals surface area contributed by atoms with Gasteiger partial charge in [-0.05, 0) is 31.1 Å². The summed E-state index contributed by atoms with van der Waals surface area (Å²) < 4.78 is 25.4. The molecule has 0 spiro atoms. The second-order valence-corrected chi connectivity index (χ2v) is 5.26. The number of hydrogen-bond acceptors (Lipinski definition) is 3. The van der Waals surface area contributed by atoms with E-state index in [0.29, 0.717) is 5.56 Å². The van der Waals surface area contributed by atoms with Gasteiger partial charge < -0.3 is 9.47 Å². The van der Waals surface area contributed by atoms with Crippen LogP contribution >= 0.6 is 0 Å². The van der Waals surface area contributed by atoms with Crippen molar-refractivity contribution in [1.82, 2.24) is 0 Å². The molecule has 0 amide bonds. The molecule has 0 saturated heterocycles. The molecule has 1 unspecified atom stereocenters. The van der Waals surface area contributed by atoms with Crippen molar-refractivity contribution in [2.45, 2.75) is 26.1 Å². The highest BCUT2D eigenvalue weighted by molar-refractivity contribution is 5.74. The standard InChI is InChI=1S/C20H21FO3/c1-3-23-20(22)15(2)24-19(17-12-8-5-9-13-17)18(21)14-16-10-6-4-7-11-16/h4-15,19H,3H2,1-2H3/b18-14-/t15-,19?/m0/s1. The molecule has 2 aromatic carbocycles. The molecule has 4 heteroatoms. The number of carbonyl (C=O) groups excluding carboxylic acids is 1. The van der Waals surface area contributed by atoms with E-state index in [-0.39, 0.29) is 6.61 Å². The SMILES string of the molecule is CCOC(=O)[C@H](C)OC(/C(F)=C/c1ccccc1)c1ccccc1. The van der Waals surface area contributed by atoms with Gasteiger partial charge in [0, 0.05) is 0 Å². The first-order chi connectivity index (χ1) is 11.6. The lowest BCUT2D eigenvalue weighted by Gasteiger charge is -2.21. The number of esters is 1. The van der Waals surface area contributed by atoms with E-state index in [0.717, 1.165) is 5.56 Å². The average Bonchev–Trinajstić information content (AvgIpc) is 2.61. The molecule has 0 N–H and O–H groups in total. The topological polar surface area (TPSA) is 35.5 Å². The van der Waals surface area contributed by atoms with Crippen molar-refractivity contribution >= 4 is 12.0 Å². The largest absolute Gasteiger partial charge is 0.464 e. The van der Waals surface area contributed by atoms with E-state index in [2.05, 4.69) is 0 Å². The van der Waals surface area contributed by atoms with Crippen LogP contribution in [-0.4, -0.2) is 18.7 Å². The predicted molar refractivity (Wildman–Crippen MR) is 91.9 cm³/mol. The Balaban J connectivity index is 2.26. The minimum absolute atomic E-state index is 0.255. The van der Waals surface area contributed by atoms with Crippen LogP contribution in [0, 0.1) is 0 Å². The molecule has 24 heavy (non-hydrogen) atoms. The van der Waals surface area contributed by atoms with Gasteiger partial charge in [0.2, 0.25) is 0 Å². The molecule has 2 rings (SSSR count). The van der Waals surface area contributed by atoms with Crippen LogP contribution in [0.3, 0.4) is 0 Å². The van der Waals surface area contributed by atoms with E-state index in [1.165, 1.54) is 6.08 Å². The molecule has 2 aromatic rings. The zero-order valence-corrected chi connectivity index (χ0v) is 13.8. The summed E-state index contributed by atoms with van der Waals surface area (Å²) in [7, 11) is 0. The third kappa shape index (κ3) is 5.03. The monoisotopic (exact) mass is 328 g/mol. The summed E-state index contributed by atoms with van der Waals surface area (Å²) in [5.74, 6) is -0.977. The highest BCUT2D eigenvalue weighted by Gasteiger charge is 2.25. The summed E-state index contributed by atoms with van der Waals surface area (Å²) >= 11 is 0. The molecule has 0 heterocycles. The van der Waals surface area contributed by atoms with E-state index < -0.39 is 24.0 Å². The van der Waals surface area contributed by atoms with Crippen LogP contribution < -0.4 is 0 Å². The van der Waals surface area contributed by atoms with E-state index in [1.54, 1.807) is 50.2 Å². The zero-order chi connectivity index (χ0) is 17.4. The number of ether oxygens (including phenoxy) is 2. The summed E-state index contributed by atoms with van der Waals surface area (Å²) in [6.07, 6.45) is -0.425. The van der Waals surface area contributed by atoms with E-state index in [4.69, 9.17) is 9.47 Å². The summed E-state index contributed by atoms with van der Waals surface area (Å²) in [5, 5.41) is 0. The van der Waals surface area contributed by atoms with Crippen LogP contribution in [0.15, 0.2) is 66.5 Å². The van der Waals surface area contributed by atoms with Crippen LogP contribution in [-0.2, 0) is 14.3 Å². The fourth-order valence-corrected chi connectivity index (χ4v) is 2.23. The maximum atomic E-state index is 14.8. The quantitative estimate of drug-likeness (QED) is 0.691. The van der Waals surface area contributed by atoms with Gasteiger partial charge in [-0.25, -0.2) is 9.18 Å². The Hall–Kier alpha value is -2.46. The summed E-state index contributed by atoms with van der Waals surface area (Å²) in [6, 6.07) is 18.1. The van der Waals surface area contributed by atoms with Crippen LogP contribution in [0.25, 0.3) is 6.08 Å². The Kier molecular flexibility index (Phi) is 6.70. The van der Waals surface area contributed by atoms with Gasteiger partial charge in [-0.1, -0.05) is 60.7 Å². The second kappa shape index (κ2) is 8.99. The summed E-state index contributed by atoms with van der Waals surface area (Å²) in [6.45, 7) is 3.53. The maximum absolute atomic E-state index is 14.8. The van der Waals surface area contributed by atoms with Gasteiger partial charge in [0.05, 0.1) is 6.61 Å². The average molecular weight is 328 g/mol. The van der Waals surface area contributed by atoms with Crippen molar-refractivity contribution in [2.75, 3.05) is 6.61 Å². The minimum Gasteiger partial charge on any atom is -0.464 e. The van der Waals surface area contributed by atoms with E-state index in [1.807, 2.05) is 24.3 Å². The Morgan fingerprint density at radius 1 is 1.08 bits per heavy atom. The molecular weight excluding hydrogens is 307 g/mol. The first-order valence-corrected chi connectivity index (χ1v) is 7.91. The number of rotatable bonds is 7. The van der Waals surface area contributed by atoms with Crippen molar-refractivity contribution in [1.29, 1.82) is 0 Å². The Bertz CT molecular complexity index is 668. The summed E-state index contributed by atoms with van der Waals surface area (Å²) in [4.78, 5) is 11.8. The smallest absolute Gasteiger partial charge is 0.334 e. The molecule has 0 saturated carbocycles. The van der Waals surface area contributed by atoms with Crippen molar-refractivity contribution in [3.8, 4) is 0 Å². The lowest BCUT2D eigenvalue weighted by molar-refractivity contribution is -0.158. The Morgan fingerprint density at radius 2 is 1.67 bits per heavy atom. The molecule has 0 aliphatic carbocycles. The Morgan fingerprint density at radius 3 is 2.25 bits per heavy atom. The van der Waals surface area contributed by atoms with Crippen molar-refractivity contribution in [2.24, 2.45) is 0 Å². The van der Waals surface area contributed by atoms with Crippen molar-refractivity contribution in [3.63, 3.8) is 0 Å². The van der Waals surface area contributed by atoms with Crippen molar-refractivity contribution < 1.29 is 18.7 Å². The Labute approximate surface area is 141 Å². The highest BCUT2D eigenvalue weighted by atomic mass is 19.1. The van der Waals surface area contributed by atoms with E-state index in [9.17, 15) is 9.18 Å². The van der Waals surface area contributed by atoms with Gasteiger partial charge in [-0.15, -0.1) is 0 Å². The minimum atomic E-state index is -0.967. The molecule has 0 aliphatic heterocycles. The molecule has 0 aromatic heterocycles. The number of benzene rings is 2. The van der Waals surface area contributed by atoms with Gasteiger partial charge >= 0.3 is 5.97 Å². The lowest BCUT2D eigenvalue weighted by Crippen LogP contribution is -2.25. The van der Waals surface area contributed by atoms with Crippen LogP contribution in [0.2, 0.25) is 0 Å². The molecule has 126 valence electrons. The molecule has 0 fully saturated rings. The molecule has 2 atom stereocenters. The normalized spacial score (nSPS) is 14.0. The molecular formula is C20H21FO3. The first kappa shape index (κ1) is 17.9.